The van der Waals surface area contributed by atoms with Crippen LogP contribution in [0.4, 0.5) is 0 Å². The van der Waals surface area contributed by atoms with Gasteiger partial charge >= 0.3 is 0 Å². The van der Waals surface area contributed by atoms with E-state index in [1.807, 2.05) is 6.92 Å². The van der Waals surface area contributed by atoms with E-state index < -0.39 is 0 Å². The molecule has 0 unspecified atom stereocenters. The zero-order valence-electron chi connectivity index (χ0n) is 9.54. The van der Waals surface area contributed by atoms with Crippen molar-refractivity contribution in [2.75, 3.05) is 5.75 Å². The van der Waals surface area contributed by atoms with Gasteiger partial charge < -0.3 is 10.7 Å². The number of thioether (sulfide) groups is 1. The molecule has 0 fully saturated rings. The second-order valence-electron chi connectivity index (χ2n) is 3.39. The van der Waals surface area contributed by atoms with Crippen LogP contribution < -0.4 is 11.2 Å². The highest BCUT2D eigenvalue weighted by molar-refractivity contribution is 8.00. The number of hydrogen-bond acceptors (Lipinski definition) is 6. The minimum atomic E-state index is 0.150. The van der Waals surface area contributed by atoms with E-state index in [0.29, 0.717) is 11.4 Å². The Morgan fingerprint density at radius 1 is 1.56 bits per heavy atom. The Labute approximate surface area is 113 Å². The van der Waals surface area contributed by atoms with Crippen LogP contribution in [0.2, 0.25) is 0 Å². The zero-order valence-corrected chi connectivity index (χ0v) is 11.2. The molecular formula is C9H11N7S2. The Morgan fingerprint density at radius 3 is 3.17 bits per heavy atom. The van der Waals surface area contributed by atoms with Gasteiger partial charge in [0.25, 0.3) is 0 Å². The van der Waals surface area contributed by atoms with E-state index in [9.17, 15) is 0 Å². The molecule has 4 N–H and O–H groups in total. The van der Waals surface area contributed by atoms with Gasteiger partial charge in [-0.05, 0) is 19.1 Å². The minimum Gasteiger partial charge on any atom is -0.375 e. The van der Waals surface area contributed by atoms with Crippen molar-refractivity contribution in [1.82, 2.24) is 25.4 Å². The van der Waals surface area contributed by atoms with Gasteiger partial charge in [0.15, 0.2) is 10.8 Å². The summed E-state index contributed by atoms with van der Waals surface area (Å²) in [6.45, 7) is 1.88. The molecule has 0 aliphatic carbocycles. The summed E-state index contributed by atoms with van der Waals surface area (Å²) in [4.78, 5) is 15.3. The molecule has 0 saturated heterocycles. The summed E-state index contributed by atoms with van der Waals surface area (Å²) in [7, 11) is 0. The van der Waals surface area contributed by atoms with Crippen molar-refractivity contribution in [2.24, 2.45) is 10.8 Å². The fourth-order valence-electron chi connectivity index (χ4n) is 1.21. The topological polar surface area (TPSA) is 105 Å². The molecule has 94 valence electrons. The van der Waals surface area contributed by atoms with Crippen LogP contribution in [0.1, 0.15) is 6.92 Å². The summed E-state index contributed by atoms with van der Waals surface area (Å²) in [6, 6.07) is 0. The number of rotatable bonds is 4. The van der Waals surface area contributed by atoms with Gasteiger partial charge in [0.2, 0.25) is 0 Å². The summed E-state index contributed by atoms with van der Waals surface area (Å²) in [5.74, 6) is 0.667. The lowest BCUT2D eigenvalue weighted by Gasteiger charge is -2.02. The van der Waals surface area contributed by atoms with Crippen molar-refractivity contribution >= 4 is 46.0 Å². The molecule has 0 bridgehead atoms. The Morgan fingerprint density at radius 2 is 2.39 bits per heavy atom. The van der Waals surface area contributed by atoms with Gasteiger partial charge in [-0.15, -0.1) is 0 Å². The SMILES string of the molecule is C/C(CSc1ncnc2nc[nH]c12)=N/NC(N)=S. The number of aromatic nitrogens is 4. The maximum absolute atomic E-state index is 5.28. The lowest BCUT2D eigenvalue weighted by Crippen LogP contribution is -2.25. The average molecular weight is 281 g/mol. The Balaban J connectivity index is 2.04. The van der Waals surface area contributed by atoms with Crippen LogP contribution in [-0.2, 0) is 0 Å². The highest BCUT2D eigenvalue weighted by atomic mass is 32.2. The first kappa shape index (κ1) is 12.7. The van der Waals surface area contributed by atoms with Gasteiger partial charge in [-0.2, -0.15) is 5.10 Å². The predicted octanol–water partition coefficient (Wildman–Crippen LogP) is 0.654. The molecule has 0 aromatic carbocycles. The number of nitrogens with one attached hydrogen (secondary N) is 2. The molecule has 2 rings (SSSR count). The van der Waals surface area contributed by atoms with Gasteiger partial charge in [0.05, 0.1) is 6.33 Å². The van der Waals surface area contributed by atoms with Gasteiger partial charge in [-0.25, -0.2) is 15.0 Å². The first-order valence-electron chi connectivity index (χ1n) is 5.02. The number of hydrogen-bond donors (Lipinski definition) is 3. The first-order chi connectivity index (χ1) is 8.66. The second-order valence-corrected chi connectivity index (χ2v) is 4.80. The van der Waals surface area contributed by atoms with E-state index in [4.69, 9.17) is 5.73 Å². The number of hydrazone groups is 1. The number of nitrogens with two attached hydrogens (primary N) is 1. The smallest absolute Gasteiger partial charge is 0.184 e. The monoisotopic (exact) mass is 281 g/mol. The van der Waals surface area contributed by atoms with Crippen molar-refractivity contribution in [3.63, 3.8) is 0 Å². The fraction of sp³-hybridized carbons (Fsp3) is 0.222. The number of H-pyrrole nitrogens is 1. The summed E-state index contributed by atoms with van der Waals surface area (Å²) < 4.78 is 0. The average Bonchev–Trinajstić information content (AvgIpc) is 2.82. The Hall–Kier alpha value is -1.74. The molecule has 0 saturated carbocycles. The Kier molecular flexibility index (Phi) is 4.05. The molecule has 0 amide bonds. The van der Waals surface area contributed by atoms with Crippen molar-refractivity contribution in [3.05, 3.63) is 12.7 Å². The van der Waals surface area contributed by atoms with E-state index in [1.165, 1.54) is 18.1 Å². The molecular weight excluding hydrogens is 270 g/mol. The highest BCUT2D eigenvalue weighted by Gasteiger charge is 2.06. The molecule has 0 atom stereocenters. The number of thiocarbonyl (C=S) groups is 1. The number of fused-ring (bicyclic) bond motifs is 1. The van der Waals surface area contributed by atoms with Crippen LogP contribution in [0.5, 0.6) is 0 Å². The van der Waals surface area contributed by atoms with Gasteiger partial charge in [-0.3, -0.25) is 5.43 Å². The molecule has 0 radical (unpaired) electrons. The maximum atomic E-state index is 5.28. The fourth-order valence-corrected chi connectivity index (χ4v) is 2.08. The normalized spacial score (nSPS) is 11.7. The third-order valence-corrected chi connectivity index (χ3v) is 3.20. The van der Waals surface area contributed by atoms with Gasteiger partial charge in [0.1, 0.15) is 16.9 Å². The highest BCUT2D eigenvalue weighted by Crippen LogP contribution is 2.21. The standard InChI is InChI=1S/C9H11N7S2/c1-5(15-16-9(10)17)2-18-8-6-7(12-3-11-6)13-4-14-8/h3-4H,2H2,1H3,(H3,10,16,17)(H,11,12,13,14)/b15-5-. The quantitative estimate of drug-likeness (QED) is 0.248. The second kappa shape index (κ2) is 5.74. The molecule has 0 aliphatic heterocycles. The first-order valence-corrected chi connectivity index (χ1v) is 6.41. The van der Waals surface area contributed by atoms with Gasteiger partial charge in [0, 0.05) is 11.5 Å². The largest absolute Gasteiger partial charge is 0.375 e. The number of nitrogens with zero attached hydrogens (tertiary/aromatic N) is 4. The van der Waals surface area contributed by atoms with Crippen LogP contribution in [0, 0.1) is 0 Å². The van der Waals surface area contributed by atoms with Crippen molar-refractivity contribution in [3.8, 4) is 0 Å². The molecule has 2 aromatic rings. The summed E-state index contributed by atoms with van der Waals surface area (Å²) in [5, 5.41) is 5.00. The van der Waals surface area contributed by atoms with Crippen molar-refractivity contribution in [2.45, 2.75) is 11.9 Å². The number of aromatic amines is 1. The summed E-state index contributed by atoms with van der Waals surface area (Å²) in [5.41, 5.74) is 10.2. The minimum absolute atomic E-state index is 0.150. The molecule has 2 heterocycles. The van der Waals surface area contributed by atoms with Crippen LogP contribution in [0.25, 0.3) is 11.2 Å². The van der Waals surface area contributed by atoms with Crippen molar-refractivity contribution in [1.29, 1.82) is 0 Å². The van der Waals surface area contributed by atoms with Crippen LogP contribution in [0.3, 0.4) is 0 Å². The number of imidazole rings is 1. The molecule has 9 heteroatoms. The lowest BCUT2D eigenvalue weighted by molar-refractivity contribution is 1.03. The predicted molar refractivity (Wildman–Crippen MR) is 75.4 cm³/mol. The molecule has 2 aromatic heterocycles. The van der Waals surface area contributed by atoms with Crippen LogP contribution in [-0.4, -0.2) is 36.5 Å². The van der Waals surface area contributed by atoms with E-state index in [-0.39, 0.29) is 5.11 Å². The van der Waals surface area contributed by atoms with Crippen molar-refractivity contribution < 1.29 is 0 Å². The lowest BCUT2D eigenvalue weighted by atomic mass is 10.5. The summed E-state index contributed by atoms with van der Waals surface area (Å²) >= 11 is 6.20. The molecule has 18 heavy (non-hydrogen) atoms. The van der Waals surface area contributed by atoms with E-state index in [1.54, 1.807) is 6.33 Å². The molecule has 7 nitrogen and oxygen atoms in total. The van der Waals surface area contributed by atoms with E-state index >= 15 is 0 Å². The van der Waals surface area contributed by atoms with Crippen LogP contribution >= 0.6 is 24.0 Å². The van der Waals surface area contributed by atoms with Gasteiger partial charge in [-0.1, -0.05) is 11.8 Å². The Bertz CT molecular complexity index is 591. The third-order valence-electron chi connectivity index (χ3n) is 1.96. The zero-order chi connectivity index (χ0) is 13.0. The summed E-state index contributed by atoms with van der Waals surface area (Å²) in [6.07, 6.45) is 3.09. The molecule has 0 spiro atoms. The maximum Gasteiger partial charge on any atom is 0.184 e. The van der Waals surface area contributed by atoms with E-state index in [0.717, 1.165) is 16.3 Å². The van der Waals surface area contributed by atoms with E-state index in [2.05, 4.69) is 42.7 Å². The third kappa shape index (κ3) is 3.14. The molecule has 0 aliphatic rings. The van der Waals surface area contributed by atoms with Crippen LogP contribution in [0.15, 0.2) is 22.8 Å².